The van der Waals surface area contributed by atoms with Crippen LogP contribution in [0.25, 0.3) is 0 Å². The van der Waals surface area contributed by atoms with Gasteiger partial charge in [-0.05, 0) is 63.6 Å². The lowest BCUT2D eigenvalue weighted by molar-refractivity contribution is 0.385. The largest absolute Gasteiger partial charge is 0.316 e. The molecule has 1 heteroatoms. The van der Waals surface area contributed by atoms with Crippen molar-refractivity contribution < 1.29 is 0 Å². The zero-order chi connectivity index (χ0) is 14.3. The Hall–Kier alpha value is -0.820. The lowest BCUT2D eigenvalue weighted by Gasteiger charge is -2.20. The van der Waals surface area contributed by atoms with E-state index in [4.69, 9.17) is 0 Å². The van der Waals surface area contributed by atoms with E-state index in [1.165, 1.54) is 36.0 Å². The van der Waals surface area contributed by atoms with Gasteiger partial charge in [-0.15, -0.1) is 0 Å². The highest BCUT2D eigenvalue weighted by molar-refractivity contribution is 5.28. The minimum atomic E-state index is 0.757. The highest BCUT2D eigenvalue weighted by atomic mass is 14.8. The molecule has 0 fully saturated rings. The molecule has 1 nitrogen and oxygen atoms in total. The molecule has 108 valence electrons. The van der Waals surface area contributed by atoms with Crippen molar-refractivity contribution in [2.75, 3.05) is 13.1 Å². The average Bonchev–Trinajstić information content (AvgIpc) is 2.26. The number of nitrogens with one attached hydrogen (secondary N) is 1. The summed E-state index contributed by atoms with van der Waals surface area (Å²) in [5, 5.41) is 3.59. The van der Waals surface area contributed by atoms with E-state index in [1.54, 1.807) is 0 Å². The normalized spacial score (nSPS) is 12.9. The van der Waals surface area contributed by atoms with Crippen molar-refractivity contribution in [1.29, 1.82) is 0 Å². The predicted molar refractivity (Wildman–Crippen MR) is 85.7 cm³/mol. The molecule has 1 rings (SSSR count). The van der Waals surface area contributed by atoms with Crippen LogP contribution in [0.4, 0.5) is 0 Å². The fourth-order valence-corrected chi connectivity index (χ4v) is 2.91. The quantitative estimate of drug-likeness (QED) is 0.679. The number of hydrogen-bond acceptors (Lipinski definition) is 1. The average molecular weight is 261 g/mol. The van der Waals surface area contributed by atoms with E-state index in [1.807, 2.05) is 0 Å². The van der Waals surface area contributed by atoms with E-state index in [2.05, 4.69) is 58.1 Å². The van der Waals surface area contributed by atoms with Gasteiger partial charge in [0.25, 0.3) is 0 Å². The Labute approximate surface area is 119 Å². The standard InChI is InChI=1S/C18H31N/c1-6-7-19-13-18(8-14(2)3)12-17-10-15(4)9-16(5)11-17/h9-11,14,18-19H,6-8,12-13H2,1-5H3. The maximum atomic E-state index is 3.59. The summed E-state index contributed by atoms with van der Waals surface area (Å²) >= 11 is 0. The fraction of sp³-hybridized carbons (Fsp3) is 0.667. The molecular formula is C18H31N. The first-order valence-corrected chi connectivity index (χ1v) is 7.79. The van der Waals surface area contributed by atoms with Crippen LogP contribution in [0.15, 0.2) is 18.2 Å². The Kier molecular flexibility index (Phi) is 7.15. The lowest BCUT2D eigenvalue weighted by Crippen LogP contribution is -2.26. The van der Waals surface area contributed by atoms with E-state index < -0.39 is 0 Å². The third kappa shape index (κ3) is 6.77. The number of aryl methyl sites for hydroxylation is 2. The summed E-state index contributed by atoms with van der Waals surface area (Å²) < 4.78 is 0. The Morgan fingerprint density at radius 3 is 2.21 bits per heavy atom. The molecule has 0 saturated heterocycles. The van der Waals surface area contributed by atoms with Crippen LogP contribution in [0.5, 0.6) is 0 Å². The first-order chi connectivity index (χ1) is 9.01. The summed E-state index contributed by atoms with van der Waals surface area (Å²) in [6.45, 7) is 13.6. The molecule has 1 aromatic carbocycles. The van der Waals surface area contributed by atoms with Gasteiger partial charge >= 0.3 is 0 Å². The van der Waals surface area contributed by atoms with E-state index in [0.29, 0.717) is 0 Å². The van der Waals surface area contributed by atoms with Crippen molar-refractivity contribution in [1.82, 2.24) is 5.32 Å². The van der Waals surface area contributed by atoms with Crippen LogP contribution in [-0.2, 0) is 6.42 Å². The zero-order valence-electron chi connectivity index (χ0n) is 13.4. The molecule has 0 radical (unpaired) electrons. The first kappa shape index (κ1) is 16.2. The molecule has 19 heavy (non-hydrogen) atoms. The minimum absolute atomic E-state index is 0.757. The molecule has 1 atom stereocenters. The highest BCUT2D eigenvalue weighted by Crippen LogP contribution is 2.19. The smallest absolute Gasteiger partial charge is 0.00172 e. The molecule has 0 aliphatic carbocycles. The molecule has 0 saturated carbocycles. The second kappa shape index (κ2) is 8.37. The van der Waals surface area contributed by atoms with Gasteiger partial charge in [0.05, 0.1) is 0 Å². The molecule has 1 aromatic rings. The van der Waals surface area contributed by atoms with Gasteiger partial charge in [-0.25, -0.2) is 0 Å². The Morgan fingerprint density at radius 2 is 1.68 bits per heavy atom. The van der Waals surface area contributed by atoms with Crippen molar-refractivity contribution in [2.45, 2.75) is 53.9 Å². The molecular weight excluding hydrogens is 230 g/mol. The van der Waals surface area contributed by atoms with Crippen LogP contribution >= 0.6 is 0 Å². The molecule has 0 bridgehead atoms. The fourth-order valence-electron chi connectivity index (χ4n) is 2.91. The Bertz CT molecular complexity index is 348. The van der Waals surface area contributed by atoms with Gasteiger partial charge < -0.3 is 5.32 Å². The summed E-state index contributed by atoms with van der Waals surface area (Å²) in [5.41, 5.74) is 4.28. The van der Waals surface area contributed by atoms with Gasteiger partial charge in [0, 0.05) is 0 Å². The van der Waals surface area contributed by atoms with Gasteiger partial charge in [0.15, 0.2) is 0 Å². The van der Waals surface area contributed by atoms with Crippen molar-refractivity contribution in [2.24, 2.45) is 11.8 Å². The van der Waals surface area contributed by atoms with Crippen molar-refractivity contribution in [3.63, 3.8) is 0 Å². The van der Waals surface area contributed by atoms with Gasteiger partial charge in [-0.2, -0.15) is 0 Å². The molecule has 0 spiro atoms. The minimum Gasteiger partial charge on any atom is -0.316 e. The molecule has 1 N–H and O–H groups in total. The molecule has 0 heterocycles. The summed E-state index contributed by atoms with van der Waals surface area (Å²) in [5.74, 6) is 1.53. The summed E-state index contributed by atoms with van der Waals surface area (Å²) in [7, 11) is 0. The second-order valence-corrected chi connectivity index (χ2v) is 6.40. The van der Waals surface area contributed by atoms with E-state index in [0.717, 1.165) is 24.9 Å². The topological polar surface area (TPSA) is 12.0 Å². The van der Waals surface area contributed by atoms with Crippen LogP contribution in [0.3, 0.4) is 0 Å². The Balaban J connectivity index is 2.63. The van der Waals surface area contributed by atoms with E-state index in [-0.39, 0.29) is 0 Å². The van der Waals surface area contributed by atoms with Crippen LogP contribution in [0, 0.1) is 25.7 Å². The number of rotatable bonds is 8. The number of hydrogen-bond donors (Lipinski definition) is 1. The molecule has 0 aliphatic rings. The van der Waals surface area contributed by atoms with Gasteiger partial charge in [0.2, 0.25) is 0 Å². The highest BCUT2D eigenvalue weighted by Gasteiger charge is 2.12. The Morgan fingerprint density at radius 1 is 1.05 bits per heavy atom. The third-order valence-corrected chi connectivity index (χ3v) is 3.47. The number of benzene rings is 1. The van der Waals surface area contributed by atoms with Crippen molar-refractivity contribution in [3.8, 4) is 0 Å². The van der Waals surface area contributed by atoms with Crippen molar-refractivity contribution in [3.05, 3.63) is 34.9 Å². The summed E-state index contributed by atoms with van der Waals surface area (Å²) in [4.78, 5) is 0. The van der Waals surface area contributed by atoms with Gasteiger partial charge in [-0.3, -0.25) is 0 Å². The molecule has 0 aliphatic heterocycles. The van der Waals surface area contributed by atoms with Gasteiger partial charge in [0.1, 0.15) is 0 Å². The van der Waals surface area contributed by atoms with Crippen LogP contribution in [0.1, 0.15) is 50.3 Å². The van der Waals surface area contributed by atoms with Crippen LogP contribution in [0.2, 0.25) is 0 Å². The monoisotopic (exact) mass is 261 g/mol. The molecule has 0 aromatic heterocycles. The van der Waals surface area contributed by atoms with E-state index in [9.17, 15) is 0 Å². The molecule has 0 amide bonds. The van der Waals surface area contributed by atoms with Crippen molar-refractivity contribution >= 4 is 0 Å². The summed E-state index contributed by atoms with van der Waals surface area (Å²) in [6, 6.07) is 6.95. The summed E-state index contributed by atoms with van der Waals surface area (Å²) in [6.07, 6.45) is 3.74. The van der Waals surface area contributed by atoms with Crippen LogP contribution < -0.4 is 5.32 Å². The maximum Gasteiger partial charge on any atom is -0.00172 e. The second-order valence-electron chi connectivity index (χ2n) is 6.40. The van der Waals surface area contributed by atoms with E-state index >= 15 is 0 Å². The third-order valence-electron chi connectivity index (χ3n) is 3.47. The first-order valence-electron chi connectivity index (χ1n) is 7.79. The maximum absolute atomic E-state index is 3.59. The predicted octanol–water partition coefficient (Wildman–Crippen LogP) is 4.51. The zero-order valence-corrected chi connectivity index (χ0v) is 13.4. The van der Waals surface area contributed by atoms with Crippen LogP contribution in [-0.4, -0.2) is 13.1 Å². The SMILES string of the molecule is CCCNCC(Cc1cc(C)cc(C)c1)CC(C)C. The lowest BCUT2D eigenvalue weighted by atomic mass is 9.90. The molecule has 1 unspecified atom stereocenters. The van der Waals surface area contributed by atoms with Gasteiger partial charge in [-0.1, -0.05) is 50.1 Å².